The summed E-state index contributed by atoms with van der Waals surface area (Å²) in [6.07, 6.45) is 5.00. The van der Waals surface area contributed by atoms with E-state index in [9.17, 15) is 18.0 Å². The first-order valence-corrected chi connectivity index (χ1v) is 8.94. The molecule has 1 amide bonds. The van der Waals surface area contributed by atoms with Crippen LogP contribution in [0.5, 0.6) is 0 Å². The maximum Gasteiger partial charge on any atom is 0.338 e. The smallest absolute Gasteiger partial charge is 0.338 e. The summed E-state index contributed by atoms with van der Waals surface area (Å²) < 4.78 is 36.5. The highest BCUT2D eigenvalue weighted by Gasteiger charge is 2.27. The summed E-state index contributed by atoms with van der Waals surface area (Å²) in [5, 5.41) is 2.35. The number of nitrogens with one attached hydrogen (secondary N) is 1. The number of hydrogen-bond donors (Lipinski definition) is 1. The predicted molar refractivity (Wildman–Crippen MR) is 88.1 cm³/mol. The molecule has 1 aromatic rings. The van der Waals surface area contributed by atoms with Crippen molar-refractivity contribution < 1.29 is 27.5 Å². The molecule has 0 unspecified atom stereocenters. The predicted octanol–water partition coefficient (Wildman–Crippen LogP) is -0.386. The van der Waals surface area contributed by atoms with Crippen LogP contribution in [0.4, 0.5) is 0 Å². The summed E-state index contributed by atoms with van der Waals surface area (Å²) in [5.74, 6) is 0.886. The largest absolute Gasteiger partial charge is 0.452 e. The number of carbonyl (C=O) groups is 2. The molecular formula is C16H18N2O6S. The first-order chi connectivity index (χ1) is 11.9. The maximum absolute atomic E-state index is 12.6. The molecular weight excluding hydrogens is 348 g/mol. The van der Waals surface area contributed by atoms with Crippen LogP contribution < -0.4 is 5.32 Å². The number of benzene rings is 1. The van der Waals surface area contributed by atoms with E-state index in [1.165, 1.54) is 28.6 Å². The van der Waals surface area contributed by atoms with Gasteiger partial charge in [0, 0.05) is 13.1 Å². The Kier molecular flexibility index (Phi) is 6.52. The minimum atomic E-state index is -3.72. The average Bonchev–Trinajstić information content (AvgIpc) is 2.65. The molecule has 0 bridgehead atoms. The molecule has 9 heteroatoms. The minimum absolute atomic E-state index is 0.0133. The van der Waals surface area contributed by atoms with E-state index in [-0.39, 0.29) is 30.1 Å². The Bertz CT molecular complexity index is 778. The Morgan fingerprint density at radius 3 is 2.72 bits per heavy atom. The van der Waals surface area contributed by atoms with E-state index >= 15 is 0 Å². The number of esters is 1. The van der Waals surface area contributed by atoms with Crippen molar-refractivity contribution in [2.24, 2.45) is 0 Å². The third kappa shape index (κ3) is 5.03. The second kappa shape index (κ2) is 8.62. The van der Waals surface area contributed by atoms with Crippen LogP contribution in [-0.2, 0) is 24.3 Å². The quantitative estimate of drug-likeness (QED) is 0.544. The van der Waals surface area contributed by atoms with Crippen LogP contribution >= 0.6 is 0 Å². The molecule has 25 heavy (non-hydrogen) atoms. The van der Waals surface area contributed by atoms with Gasteiger partial charge in [0.25, 0.3) is 5.91 Å². The monoisotopic (exact) mass is 366 g/mol. The van der Waals surface area contributed by atoms with Gasteiger partial charge in [-0.1, -0.05) is 12.0 Å². The van der Waals surface area contributed by atoms with E-state index < -0.39 is 28.5 Å². The van der Waals surface area contributed by atoms with Crippen molar-refractivity contribution in [3.05, 3.63) is 29.8 Å². The van der Waals surface area contributed by atoms with E-state index in [0.29, 0.717) is 13.2 Å². The van der Waals surface area contributed by atoms with Gasteiger partial charge in [-0.05, 0) is 18.2 Å². The highest BCUT2D eigenvalue weighted by atomic mass is 32.2. The Morgan fingerprint density at radius 1 is 1.32 bits per heavy atom. The highest BCUT2D eigenvalue weighted by molar-refractivity contribution is 7.89. The number of nitrogens with zero attached hydrogens (tertiary/aromatic N) is 1. The zero-order chi connectivity index (χ0) is 18.3. The number of sulfonamides is 1. The standard InChI is InChI=1S/C16H18N2O6S/c1-2-6-17-15(19)12-24-16(20)13-4-3-5-14(11-13)25(21,22)18-7-9-23-10-8-18/h1,3-5,11H,6-10,12H2,(H,17,19). The van der Waals surface area contributed by atoms with Crippen LogP contribution in [-0.4, -0.2) is 64.1 Å². The maximum atomic E-state index is 12.6. The first-order valence-electron chi connectivity index (χ1n) is 7.50. The van der Waals surface area contributed by atoms with Crippen LogP contribution in [0.1, 0.15) is 10.4 Å². The van der Waals surface area contributed by atoms with Gasteiger partial charge >= 0.3 is 5.97 Å². The molecule has 1 aromatic carbocycles. The molecule has 1 saturated heterocycles. The van der Waals surface area contributed by atoms with Gasteiger partial charge in [-0.25, -0.2) is 13.2 Å². The first kappa shape index (κ1) is 18.9. The van der Waals surface area contributed by atoms with Crippen molar-refractivity contribution in [2.45, 2.75) is 4.90 Å². The lowest BCUT2D eigenvalue weighted by Crippen LogP contribution is -2.40. The fraction of sp³-hybridized carbons (Fsp3) is 0.375. The number of ether oxygens (including phenoxy) is 2. The van der Waals surface area contributed by atoms with Gasteiger partial charge in [0.1, 0.15) is 0 Å². The summed E-state index contributed by atoms with van der Waals surface area (Å²) in [5.41, 5.74) is 0.0408. The molecule has 0 atom stereocenters. The van der Waals surface area contributed by atoms with Gasteiger partial charge < -0.3 is 14.8 Å². The van der Waals surface area contributed by atoms with Crippen LogP contribution in [0.2, 0.25) is 0 Å². The van der Waals surface area contributed by atoms with E-state index in [1.54, 1.807) is 0 Å². The molecule has 134 valence electrons. The van der Waals surface area contributed by atoms with Gasteiger partial charge in [-0.3, -0.25) is 4.79 Å². The lowest BCUT2D eigenvalue weighted by Gasteiger charge is -2.26. The lowest BCUT2D eigenvalue weighted by molar-refractivity contribution is -0.123. The van der Waals surface area contributed by atoms with E-state index in [2.05, 4.69) is 11.2 Å². The third-order valence-electron chi connectivity index (χ3n) is 3.40. The highest BCUT2D eigenvalue weighted by Crippen LogP contribution is 2.18. The van der Waals surface area contributed by atoms with Crippen LogP contribution in [0, 0.1) is 12.3 Å². The molecule has 1 aliphatic rings. The number of hydrogen-bond acceptors (Lipinski definition) is 6. The Labute approximate surface area is 146 Å². The average molecular weight is 366 g/mol. The number of terminal acetylenes is 1. The van der Waals surface area contributed by atoms with Crippen molar-refractivity contribution in [3.8, 4) is 12.3 Å². The zero-order valence-electron chi connectivity index (χ0n) is 13.4. The fourth-order valence-corrected chi connectivity index (χ4v) is 3.59. The molecule has 0 spiro atoms. The number of carbonyl (C=O) groups excluding carboxylic acids is 2. The molecule has 0 aliphatic carbocycles. The molecule has 0 aromatic heterocycles. The minimum Gasteiger partial charge on any atom is -0.452 e. The normalized spacial score (nSPS) is 15.2. The van der Waals surface area contributed by atoms with Gasteiger partial charge in [-0.2, -0.15) is 4.31 Å². The molecule has 1 fully saturated rings. The van der Waals surface area contributed by atoms with Crippen molar-refractivity contribution in [1.29, 1.82) is 0 Å². The third-order valence-corrected chi connectivity index (χ3v) is 5.29. The SMILES string of the molecule is C#CCNC(=O)COC(=O)c1cccc(S(=O)(=O)N2CCOCC2)c1. The molecule has 8 nitrogen and oxygen atoms in total. The van der Waals surface area contributed by atoms with E-state index in [1.807, 2.05) is 0 Å². The molecule has 0 radical (unpaired) electrons. The number of morpholine rings is 1. The van der Waals surface area contributed by atoms with Crippen molar-refractivity contribution in [2.75, 3.05) is 39.5 Å². The fourth-order valence-electron chi connectivity index (χ4n) is 2.13. The summed E-state index contributed by atoms with van der Waals surface area (Å²) in [4.78, 5) is 23.4. The van der Waals surface area contributed by atoms with Crippen molar-refractivity contribution >= 4 is 21.9 Å². The molecule has 1 aliphatic heterocycles. The van der Waals surface area contributed by atoms with Crippen molar-refractivity contribution in [3.63, 3.8) is 0 Å². The second-order valence-corrected chi connectivity index (χ2v) is 7.04. The van der Waals surface area contributed by atoms with Gasteiger partial charge in [0.15, 0.2) is 6.61 Å². The lowest BCUT2D eigenvalue weighted by atomic mass is 10.2. The summed E-state index contributed by atoms with van der Waals surface area (Å²) >= 11 is 0. The number of amides is 1. The van der Waals surface area contributed by atoms with Crippen molar-refractivity contribution in [1.82, 2.24) is 9.62 Å². The topological polar surface area (TPSA) is 102 Å². The Hall–Kier alpha value is -2.41. The van der Waals surface area contributed by atoms with Gasteiger partial charge in [0.2, 0.25) is 10.0 Å². The second-order valence-electron chi connectivity index (χ2n) is 5.10. The summed E-state index contributed by atoms with van der Waals surface area (Å²) in [7, 11) is -3.72. The molecule has 2 rings (SSSR count). The van der Waals surface area contributed by atoms with Crippen LogP contribution in [0.15, 0.2) is 29.2 Å². The van der Waals surface area contributed by atoms with Gasteiger partial charge in [-0.15, -0.1) is 6.42 Å². The van der Waals surface area contributed by atoms with Crippen LogP contribution in [0.25, 0.3) is 0 Å². The molecule has 1 N–H and O–H groups in total. The summed E-state index contributed by atoms with van der Waals surface area (Å²) in [6, 6.07) is 5.50. The molecule has 1 heterocycles. The molecule has 0 saturated carbocycles. The van der Waals surface area contributed by atoms with E-state index in [4.69, 9.17) is 15.9 Å². The van der Waals surface area contributed by atoms with Gasteiger partial charge in [0.05, 0.1) is 30.2 Å². The zero-order valence-corrected chi connectivity index (χ0v) is 14.3. The Morgan fingerprint density at radius 2 is 2.04 bits per heavy atom. The number of rotatable bonds is 6. The van der Waals surface area contributed by atoms with E-state index in [0.717, 1.165) is 0 Å². The van der Waals surface area contributed by atoms with Crippen LogP contribution in [0.3, 0.4) is 0 Å². The summed E-state index contributed by atoms with van der Waals surface area (Å²) in [6.45, 7) is 0.699. The Balaban J connectivity index is 2.06.